The Balaban J connectivity index is -0.00000102. The van der Waals surface area contributed by atoms with Crippen molar-refractivity contribution in [1.82, 2.24) is 0 Å². The first-order chi connectivity index (χ1) is 11.4. The molecule has 3 N–H and O–H groups in total. The summed E-state index contributed by atoms with van der Waals surface area (Å²) in [6.07, 6.45) is 0.664. The van der Waals surface area contributed by atoms with E-state index in [-0.39, 0.29) is 31.7 Å². The second-order valence-corrected chi connectivity index (χ2v) is 4.24. The number of aliphatic hydroxyl groups excluding tert-OH is 3. The zero-order valence-electron chi connectivity index (χ0n) is 15.0. The molecule has 0 amide bonds. The van der Waals surface area contributed by atoms with Gasteiger partial charge in [0, 0.05) is 19.4 Å². The minimum atomic E-state index is -1.11. The molecule has 2 unspecified atom stereocenters. The average molecular weight is 350 g/mol. The van der Waals surface area contributed by atoms with E-state index < -0.39 is 24.0 Å². The maximum absolute atomic E-state index is 11.3. The zero-order chi connectivity index (χ0) is 19.5. The third kappa shape index (κ3) is 16.4. The van der Waals surface area contributed by atoms with E-state index in [9.17, 15) is 19.5 Å². The largest absolute Gasteiger partial charge is 0.516 e. The Morgan fingerprint density at radius 2 is 1.58 bits per heavy atom. The highest BCUT2D eigenvalue weighted by molar-refractivity contribution is 5.77. The summed E-state index contributed by atoms with van der Waals surface area (Å²) in [5, 5.41) is 25.5. The van der Waals surface area contributed by atoms with Crippen molar-refractivity contribution in [3.05, 3.63) is 12.3 Å². The van der Waals surface area contributed by atoms with Crippen molar-refractivity contribution in [2.75, 3.05) is 20.8 Å². The summed E-state index contributed by atoms with van der Waals surface area (Å²) in [5.41, 5.74) is 0. The molecule has 0 aromatic carbocycles. The third-order valence-corrected chi connectivity index (χ3v) is 2.53. The van der Waals surface area contributed by atoms with Crippen LogP contribution in [0.1, 0.15) is 40.0 Å². The Kier molecular flexibility index (Phi) is 21.5. The van der Waals surface area contributed by atoms with E-state index in [1.165, 1.54) is 20.1 Å². The number of carbonyl (C=O) groups excluding carboxylic acids is 3. The van der Waals surface area contributed by atoms with Crippen molar-refractivity contribution >= 4 is 17.7 Å². The van der Waals surface area contributed by atoms with Crippen molar-refractivity contribution in [1.29, 1.82) is 0 Å². The van der Waals surface area contributed by atoms with Gasteiger partial charge in [-0.15, -0.1) is 0 Å². The fourth-order valence-corrected chi connectivity index (χ4v) is 1.46. The van der Waals surface area contributed by atoms with E-state index in [4.69, 9.17) is 14.9 Å². The van der Waals surface area contributed by atoms with Gasteiger partial charge in [-0.2, -0.15) is 0 Å². The van der Waals surface area contributed by atoms with Crippen LogP contribution in [-0.4, -0.2) is 60.0 Å². The molecule has 0 aromatic heterocycles. The Hall–Kier alpha value is -1.93. The molecule has 24 heavy (non-hydrogen) atoms. The van der Waals surface area contributed by atoms with Crippen LogP contribution in [0.4, 0.5) is 0 Å². The molecule has 2 atom stereocenters. The van der Waals surface area contributed by atoms with Crippen LogP contribution in [0.5, 0.6) is 0 Å². The monoisotopic (exact) mass is 350 g/mol. The fourth-order valence-electron chi connectivity index (χ4n) is 1.46. The summed E-state index contributed by atoms with van der Waals surface area (Å²) in [6.45, 7) is 5.04. The highest BCUT2D eigenvalue weighted by Gasteiger charge is 2.20. The molecule has 0 heterocycles. The Labute approximate surface area is 143 Å². The van der Waals surface area contributed by atoms with Gasteiger partial charge in [0.15, 0.2) is 0 Å². The van der Waals surface area contributed by atoms with E-state index in [1.807, 2.05) is 13.8 Å². The number of esters is 2. The molecule has 0 saturated heterocycles. The normalized spacial score (nSPS) is 12.0. The minimum absolute atomic E-state index is 0.0257. The predicted octanol–water partition coefficient (Wildman–Crippen LogP) is 1.15. The predicted molar refractivity (Wildman–Crippen MR) is 88.3 cm³/mol. The standard InChI is InChI=1S/C13H20O7.C2H6.CH4O/c1-9(15)7-10(5-6-14)11(16)8-20-13(18)4-3-12(17)19-2;2*1-2/h5-6,10-11,14,16H,3-4,7-8H2,1-2H3;1-2H3;2H,1H3/b6-5+;;. The minimum Gasteiger partial charge on any atom is -0.516 e. The van der Waals surface area contributed by atoms with Gasteiger partial charge in [-0.25, -0.2) is 0 Å². The summed E-state index contributed by atoms with van der Waals surface area (Å²) < 4.78 is 9.15. The summed E-state index contributed by atoms with van der Waals surface area (Å²) in [4.78, 5) is 33.1. The molecule has 0 aliphatic carbocycles. The smallest absolute Gasteiger partial charge is 0.306 e. The molecule has 0 aliphatic rings. The maximum atomic E-state index is 11.3. The summed E-state index contributed by atoms with van der Waals surface area (Å²) in [6, 6.07) is 0. The topological polar surface area (TPSA) is 130 Å². The molecule has 0 bridgehead atoms. The first-order valence-electron chi connectivity index (χ1n) is 7.56. The molecule has 0 aromatic rings. The highest BCUT2D eigenvalue weighted by Crippen LogP contribution is 2.12. The molecule has 142 valence electrons. The van der Waals surface area contributed by atoms with E-state index in [2.05, 4.69) is 4.74 Å². The van der Waals surface area contributed by atoms with E-state index in [0.717, 1.165) is 13.4 Å². The quantitative estimate of drug-likeness (QED) is 0.417. The lowest BCUT2D eigenvalue weighted by Crippen LogP contribution is -2.27. The summed E-state index contributed by atoms with van der Waals surface area (Å²) >= 11 is 0. The van der Waals surface area contributed by atoms with Crippen molar-refractivity contribution in [2.45, 2.75) is 46.1 Å². The third-order valence-electron chi connectivity index (χ3n) is 2.53. The van der Waals surface area contributed by atoms with Gasteiger partial charge in [0.1, 0.15) is 12.4 Å². The number of aliphatic hydroxyl groups is 3. The number of methoxy groups -OCH3 is 1. The molecule has 8 heteroatoms. The Bertz CT molecular complexity index is 365. The highest BCUT2D eigenvalue weighted by atomic mass is 16.5. The molecule has 8 nitrogen and oxygen atoms in total. The van der Waals surface area contributed by atoms with Gasteiger partial charge >= 0.3 is 11.9 Å². The van der Waals surface area contributed by atoms with Gasteiger partial charge in [-0.1, -0.05) is 13.8 Å². The molecule has 0 aliphatic heterocycles. The number of ketones is 1. The fraction of sp³-hybridized carbons (Fsp3) is 0.688. The Morgan fingerprint density at radius 3 is 2.00 bits per heavy atom. The first-order valence-corrected chi connectivity index (χ1v) is 7.56. The van der Waals surface area contributed by atoms with Crippen LogP contribution in [0.3, 0.4) is 0 Å². The molecule has 0 radical (unpaired) electrons. The van der Waals surface area contributed by atoms with Gasteiger partial charge < -0.3 is 29.6 Å². The van der Waals surface area contributed by atoms with Crippen molar-refractivity contribution in [3.8, 4) is 0 Å². The molecule has 0 spiro atoms. The average Bonchev–Trinajstić information content (AvgIpc) is 2.60. The van der Waals surface area contributed by atoms with Crippen LogP contribution in [0, 0.1) is 5.92 Å². The van der Waals surface area contributed by atoms with E-state index in [0.29, 0.717) is 0 Å². The van der Waals surface area contributed by atoms with Crippen LogP contribution in [0.2, 0.25) is 0 Å². The lowest BCUT2D eigenvalue weighted by Gasteiger charge is -2.18. The van der Waals surface area contributed by atoms with E-state index >= 15 is 0 Å². The Morgan fingerprint density at radius 1 is 1.08 bits per heavy atom. The number of hydrogen-bond donors (Lipinski definition) is 3. The summed E-state index contributed by atoms with van der Waals surface area (Å²) in [5.74, 6) is -1.97. The van der Waals surface area contributed by atoms with Crippen molar-refractivity contribution in [3.63, 3.8) is 0 Å². The van der Waals surface area contributed by atoms with Crippen molar-refractivity contribution in [2.24, 2.45) is 5.92 Å². The number of rotatable bonds is 9. The van der Waals surface area contributed by atoms with Crippen LogP contribution in [-0.2, 0) is 23.9 Å². The SMILES string of the molecule is CC.CO.COC(=O)CCC(=O)OCC(O)C(/C=C/O)CC(C)=O. The molecule has 0 saturated carbocycles. The van der Waals surface area contributed by atoms with Gasteiger partial charge in [0.25, 0.3) is 0 Å². The van der Waals surface area contributed by atoms with Gasteiger partial charge in [-0.3, -0.25) is 9.59 Å². The van der Waals surface area contributed by atoms with Gasteiger partial charge in [0.2, 0.25) is 0 Å². The van der Waals surface area contributed by atoms with Crippen molar-refractivity contribution < 1.29 is 39.2 Å². The van der Waals surface area contributed by atoms with Crippen LogP contribution < -0.4 is 0 Å². The number of hydrogen-bond acceptors (Lipinski definition) is 8. The molecular weight excluding hydrogens is 320 g/mol. The maximum Gasteiger partial charge on any atom is 0.306 e. The van der Waals surface area contributed by atoms with Crippen LogP contribution in [0.15, 0.2) is 12.3 Å². The molecule has 0 fully saturated rings. The zero-order valence-corrected chi connectivity index (χ0v) is 15.0. The molecule has 0 rings (SSSR count). The lowest BCUT2D eigenvalue weighted by atomic mass is 9.97. The summed E-state index contributed by atoms with van der Waals surface area (Å²) in [7, 11) is 2.21. The first kappa shape index (κ1) is 26.9. The lowest BCUT2D eigenvalue weighted by molar-refractivity contribution is -0.151. The van der Waals surface area contributed by atoms with E-state index in [1.54, 1.807) is 0 Å². The second kappa shape index (κ2) is 19.1. The van der Waals surface area contributed by atoms with Gasteiger partial charge in [0.05, 0.1) is 32.3 Å². The number of Topliss-reactive ketones (excluding diaryl/α,β-unsaturated/α-hetero) is 1. The second-order valence-electron chi connectivity index (χ2n) is 4.24. The van der Waals surface area contributed by atoms with Crippen LogP contribution >= 0.6 is 0 Å². The van der Waals surface area contributed by atoms with Crippen LogP contribution in [0.25, 0.3) is 0 Å². The number of carbonyl (C=O) groups is 3. The number of ether oxygens (including phenoxy) is 2. The van der Waals surface area contributed by atoms with Gasteiger partial charge in [-0.05, 0) is 13.0 Å². The molecular formula is C16H30O8.